The topological polar surface area (TPSA) is 160 Å². The average Bonchev–Trinajstić information content (AvgIpc) is 2.39. The van der Waals surface area contributed by atoms with Crippen molar-refractivity contribution in [2.75, 3.05) is 6.61 Å². The highest BCUT2D eigenvalue weighted by molar-refractivity contribution is 7.40. The van der Waals surface area contributed by atoms with Crippen molar-refractivity contribution in [1.29, 1.82) is 0 Å². The fourth-order valence-electron chi connectivity index (χ4n) is 0.866. The quantitative estimate of drug-likeness (QED) is 0.287. The molecule has 0 saturated carbocycles. The third kappa shape index (κ3) is 25.0. The minimum atomic E-state index is -2.62. The average molecular weight is 378 g/mol. The summed E-state index contributed by atoms with van der Waals surface area (Å²) in [5.41, 5.74) is 0. The summed E-state index contributed by atoms with van der Waals surface area (Å²) in [6, 6.07) is 8.65. The standard InChI is InChI=1S/C6H7O3P.C4H11O3P.H3O3P/c7-10(8)9-6-4-2-1-3-5-6;1-2-3-4-7-8(5)6;1-4(2)3/h1-5,7-8H;5-6H,2-4H2,1H3;1-3H. The Morgan fingerprint density at radius 2 is 1.36 bits per heavy atom. The lowest BCUT2D eigenvalue weighted by atomic mass is 10.3. The second-order valence-electron chi connectivity index (χ2n) is 3.36. The molecule has 1 rings (SSSR count). The molecule has 0 fully saturated rings. The van der Waals surface area contributed by atoms with Crippen LogP contribution in [0.4, 0.5) is 0 Å². The summed E-state index contributed by atoms with van der Waals surface area (Å²) in [5, 5.41) is 0. The minimum Gasteiger partial charge on any atom is -0.427 e. The van der Waals surface area contributed by atoms with Crippen LogP contribution in [0.3, 0.4) is 0 Å². The van der Waals surface area contributed by atoms with Gasteiger partial charge in [-0.3, -0.25) is 0 Å². The molecule has 22 heavy (non-hydrogen) atoms. The summed E-state index contributed by atoms with van der Waals surface area (Å²) < 4.78 is 9.05. The maximum absolute atomic E-state index is 8.40. The van der Waals surface area contributed by atoms with Crippen molar-refractivity contribution in [3.05, 3.63) is 30.3 Å². The highest BCUT2D eigenvalue weighted by Crippen LogP contribution is 2.27. The Balaban J connectivity index is 0. The molecule has 0 atom stereocenters. The van der Waals surface area contributed by atoms with Crippen molar-refractivity contribution in [2.24, 2.45) is 0 Å². The van der Waals surface area contributed by atoms with E-state index in [4.69, 9.17) is 34.3 Å². The zero-order valence-corrected chi connectivity index (χ0v) is 14.5. The number of unbranched alkanes of at least 4 members (excludes halogenated alkanes) is 1. The first kappa shape index (κ1) is 24.2. The number of para-hydroxylation sites is 1. The fraction of sp³-hybridized carbons (Fsp3) is 0.400. The Labute approximate surface area is 132 Å². The summed E-state index contributed by atoms with van der Waals surface area (Å²) in [7, 11) is -7.01. The molecule has 0 spiro atoms. The lowest BCUT2D eigenvalue weighted by Crippen LogP contribution is -1.86. The van der Waals surface area contributed by atoms with Gasteiger partial charge in [-0.25, -0.2) is 0 Å². The van der Waals surface area contributed by atoms with Crippen LogP contribution in [0.25, 0.3) is 0 Å². The van der Waals surface area contributed by atoms with Crippen molar-refractivity contribution in [3.63, 3.8) is 0 Å². The molecule has 9 nitrogen and oxygen atoms in total. The van der Waals surface area contributed by atoms with Gasteiger partial charge in [0.1, 0.15) is 5.75 Å². The Bertz CT molecular complexity index is 324. The fourth-order valence-corrected chi connectivity index (χ4v) is 1.47. The van der Waals surface area contributed by atoms with Gasteiger partial charge in [-0.1, -0.05) is 31.5 Å². The van der Waals surface area contributed by atoms with Crippen LogP contribution in [0.1, 0.15) is 19.8 Å². The second kappa shape index (κ2) is 17.3. The van der Waals surface area contributed by atoms with Crippen LogP contribution in [0, 0.1) is 0 Å². The summed E-state index contributed by atoms with van der Waals surface area (Å²) in [4.78, 5) is 54.9. The molecule has 1 aromatic carbocycles. The summed E-state index contributed by atoms with van der Waals surface area (Å²) >= 11 is 0. The van der Waals surface area contributed by atoms with Gasteiger partial charge in [-0.2, -0.15) is 0 Å². The van der Waals surface area contributed by atoms with Crippen LogP contribution >= 0.6 is 25.8 Å². The molecule has 0 aliphatic carbocycles. The molecule has 0 saturated heterocycles. The van der Waals surface area contributed by atoms with E-state index in [2.05, 4.69) is 9.05 Å². The van der Waals surface area contributed by atoms with Crippen LogP contribution in [0.5, 0.6) is 5.75 Å². The van der Waals surface area contributed by atoms with E-state index >= 15 is 0 Å². The molecule has 0 heterocycles. The van der Waals surface area contributed by atoms with E-state index in [-0.39, 0.29) is 0 Å². The Morgan fingerprint density at radius 3 is 1.73 bits per heavy atom. The van der Waals surface area contributed by atoms with Crippen molar-refractivity contribution >= 4 is 25.8 Å². The lowest BCUT2D eigenvalue weighted by molar-refractivity contribution is 0.251. The van der Waals surface area contributed by atoms with E-state index in [0.29, 0.717) is 12.4 Å². The third-order valence-corrected chi connectivity index (χ3v) is 2.42. The van der Waals surface area contributed by atoms with E-state index in [0.717, 1.165) is 12.8 Å². The van der Waals surface area contributed by atoms with Crippen molar-refractivity contribution in [3.8, 4) is 5.75 Å². The van der Waals surface area contributed by atoms with Crippen molar-refractivity contribution < 1.29 is 43.3 Å². The predicted molar refractivity (Wildman–Crippen MR) is 84.2 cm³/mol. The summed E-state index contributed by atoms with van der Waals surface area (Å²) in [5.74, 6) is 0.471. The van der Waals surface area contributed by atoms with E-state index in [1.807, 2.05) is 13.0 Å². The maximum atomic E-state index is 8.40. The molecule has 7 N–H and O–H groups in total. The van der Waals surface area contributed by atoms with Crippen LogP contribution in [0.15, 0.2) is 30.3 Å². The first-order valence-corrected chi connectivity index (χ1v) is 9.41. The highest BCUT2D eigenvalue weighted by Gasteiger charge is 1.99. The molecule has 130 valence electrons. The Hall–Kier alpha value is -0.0100. The van der Waals surface area contributed by atoms with Gasteiger partial charge in [0.2, 0.25) is 0 Å². The van der Waals surface area contributed by atoms with Crippen LogP contribution in [-0.4, -0.2) is 40.9 Å². The first-order chi connectivity index (χ1) is 10.3. The second-order valence-corrected chi connectivity index (χ2v) is 5.35. The monoisotopic (exact) mass is 378 g/mol. The molecular formula is C10H21O9P3. The molecule has 0 aliphatic heterocycles. The molecule has 1 aromatic rings. The number of benzene rings is 1. The summed E-state index contributed by atoms with van der Waals surface area (Å²) in [6.45, 7) is 2.47. The van der Waals surface area contributed by atoms with Gasteiger partial charge in [-0.05, 0) is 18.6 Å². The molecule has 0 unspecified atom stereocenters. The molecule has 0 amide bonds. The van der Waals surface area contributed by atoms with Crippen LogP contribution in [0.2, 0.25) is 0 Å². The van der Waals surface area contributed by atoms with Crippen molar-refractivity contribution in [2.45, 2.75) is 19.8 Å². The molecule has 0 radical (unpaired) electrons. The minimum absolute atomic E-state index is 0.454. The smallest absolute Gasteiger partial charge is 0.391 e. The zero-order valence-electron chi connectivity index (χ0n) is 11.8. The number of hydrogen-bond acceptors (Lipinski definition) is 9. The Morgan fingerprint density at radius 1 is 0.864 bits per heavy atom. The van der Waals surface area contributed by atoms with Crippen LogP contribution in [-0.2, 0) is 4.52 Å². The maximum Gasteiger partial charge on any atom is 0.391 e. The molecule has 0 bridgehead atoms. The molecule has 0 aliphatic rings. The number of hydrogen-bond donors (Lipinski definition) is 7. The summed E-state index contributed by atoms with van der Waals surface area (Å²) in [6.07, 6.45) is 1.91. The Kier molecular flexibility index (Phi) is 19.1. The molecule has 12 heteroatoms. The molecule has 0 aromatic heterocycles. The van der Waals surface area contributed by atoms with Gasteiger partial charge >= 0.3 is 25.8 Å². The van der Waals surface area contributed by atoms with Gasteiger partial charge < -0.3 is 43.3 Å². The van der Waals surface area contributed by atoms with Gasteiger partial charge in [0.05, 0.1) is 6.61 Å². The molecular weight excluding hydrogens is 357 g/mol. The van der Waals surface area contributed by atoms with Crippen molar-refractivity contribution in [1.82, 2.24) is 0 Å². The van der Waals surface area contributed by atoms with E-state index in [1.54, 1.807) is 24.3 Å². The van der Waals surface area contributed by atoms with Gasteiger partial charge in [0.15, 0.2) is 0 Å². The van der Waals surface area contributed by atoms with E-state index in [9.17, 15) is 0 Å². The third-order valence-electron chi connectivity index (χ3n) is 1.63. The van der Waals surface area contributed by atoms with Gasteiger partial charge in [0.25, 0.3) is 0 Å². The van der Waals surface area contributed by atoms with E-state index in [1.165, 1.54) is 0 Å². The number of rotatable bonds is 6. The zero-order chi connectivity index (χ0) is 17.4. The predicted octanol–water partition coefficient (Wildman–Crippen LogP) is 1.48. The first-order valence-electron chi connectivity index (χ1n) is 5.88. The van der Waals surface area contributed by atoms with Crippen LogP contribution < -0.4 is 4.52 Å². The normalized spacial score (nSPS) is 9.95. The SMILES string of the molecule is CCCCOP(O)O.OP(O)O.OP(O)Oc1ccccc1. The highest BCUT2D eigenvalue weighted by atomic mass is 31.2. The van der Waals surface area contributed by atoms with Gasteiger partial charge in [-0.15, -0.1) is 0 Å². The lowest BCUT2D eigenvalue weighted by Gasteiger charge is -2.02. The van der Waals surface area contributed by atoms with E-state index < -0.39 is 25.8 Å². The largest absolute Gasteiger partial charge is 0.427 e. The van der Waals surface area contributed by atoms with Gasteiger partial charge in [0, 0.05) is 0 Å².